The fraction of sp³-hybridized carbons (Fsp3) is 0.222. The Kier molecular flexibility index (Phi) is 5.74. The molecule has 2 rings (SSSR count). The van der Waals surface area contributed by atoms with E-state index in [1.807, 2.05) is 19.9 Å². The minimum absolute atomic E-state index is 0.142. The van der Waals surface area contributed by atoms with Gasteiger partial charge in [-0.25, -0.2) is 5.43 Å². The lowest BCUT2D eigenvalue weighted by molar-refractivity contribution is 0.0954. The van der Waals surface area contributed by atoms with Crippen LogP contribution >= 0.6 is 0 Å². The van der Waals surface area contributed by atoms with E-state index in [4.69, 9.17) is 4.74 Å². The third-order valence-corrected chi connectivity index (χ3v) is 3.27. The highest BCUT2D eigenvalue weighted by Gasteiger charge is 2.09. The zero-order valence-corrected chi connectivity index (χ0v) is 13.2. The van der Waals surface area contributed by atoms with Crippen molar-refractivity contribution < 1.29 is 14.6 Å². The van der Waals surface area contributed by atoms with E-state index in [0.717, 1.165) is 5.75 Å². The molecule has 0 fully saturated rings. The second kappa shape index (κ2) is 7.98. The molecule has 0 unspecified atom stereocenters. The third-order valence-electron chi connectivity index (χ3n) is 3.27. The monoisotopic (exact) mass is 312 g/mol. The fourth-order valence-electron chi connectivity index (χ4n) is 2.10. The number of phenols is 1. The van der Waals surface area contributed by atoms with Crippen LogP contribution < -0.4 is 10.2 Å². The number of carbonyl (C=O) groups excluding carboxylic acids is 1. The minimum atomic E-state index is -0.311. The highest BCUT2D eigenvalue weighted by Crippen LogP contribution is 2.18. The Morgan fingerprint density at radius 3 is 2.43 bits per heavy atom. The van der Waals surface area contributed by atoms with E-state index >= 15 is 0 Å². The van der Waals surface area contributed by atoms with Crippen molar-refractivity contribution in [2.24, 2.45) is 5.10 Å². The molecule has 1 amide bonds. The maximum atomic E-state index is 12.1. The van der Waals surface area contributed by atoms with Crippen LogP contribution in [0.4, 0.5) is 0 Å². The van der Waals surface area contributed by atoms with Gasteiger partial charge in [0, 0.05) is 11.1 Å². The lowest BCUT2D eigenvalue weighted by Crippen LogP contribution is -2.20. The summed E-state index contributed by atoms with van der Waals surface area (Å²) in [5.41, 5.74) is 4.24. The van der Waals surface area contributed by atoms with Crippen LogP contribution in [0, 0.1) is 0 Å². The van der Waals surface area contributed by atoms with Crippen LogP contribution in [0.3, 0.4) is 0 Å². The van der Waals surface area contributed by atoms with Crippen molar-refractivity contribution in [3.05, 3.63) is 59.7 Å². The molecule has 0 radical (unpaired) electrons. The summed E-state index contributed by atoms with van der Waals surface area (Å²) < 4.78 is 5.34. The van der Waals surface area contributed by atoms with Gasteiger partial charge in [-0.15, -0.1) is 0 Å². The van der Waals surface area contributed by atoms with Gasteiger partial charge in [0.2, 0.25) is 0 Å². The summed E-state index contributed by atoms with van der Waals surface area (Å²) in [5, 5.41) is 14.0. The van der Waals surface area contributed by atoms with E-state index in [1.165, 1.54) is 0 Å². The van der Waals surface area contributed by atoms with E-state index in [0.29, 0.717) is 29.9 Å². The van der Waals surface area contributed by atoms with Crippen molar-refractivity contribution >= 4 is 11.6 Å². The molecule has 0 saturated carbocycles. The summed E-state index contributed by atoms with van der Waals surface area (Å²) >= 11 is 0. The van der Waals surface area contributed by atoms with Crippen LogP contribution in [-0.4, -0.2) is 23.3 Å². The number of para-hydroxylation sites is 1. The van der Waals surface area contributed by atoms with Gasteiger partial charge in [-0.3, -0.25) is 4.79 Å². The molecule has 5 nitrogen and oxygen atoms in total. The normalized spacial score (nSPS) is 11.1. The van der Waals surface area contributed by atoms with E-state index < -0.39 is 0 Å². The molecule has 0 saturated heterocycles. The van der Waals surface area contributed by atoms with Gasteiger partial charge in [0.1, 0.15) is 11.5 Å². The minimum Gasteiger partial charge on any atom is -0.507 e. The van der Waals surface area contributed by atoms with Gasteiger partial charge in [0.25, 0.3) is 5.91 Å². The van der Waals surface area contributed by atoms with Crippen molar-refractivity contribution in [3.63, 3.8) is 0 Å². The molecule has 0 aromatic heterocycles. The first kappa shape index (κ1) is 16.5. The molecule has 2 N–H and O–H groups in total. The average molecular weight is 312 g/mol. The van der Waals surface area contributed by atoms with Crippen LogP contribution in [0.25, 0.3) is 0 Å². The Bertz CT molecular complexity index is 694. The van der Waals surface area contributed by atoms with E-state index in [1.54, 1.807) is 42.5 Å². The van der Waals surface area contributed by atoms with Crippen molar-refractivity contribution in [1.82, 2.24) is 5.43 Å². The van der Waals surface area contributed by atoms with Crippen molar-refractivity contribution in [3.8, 4) is 11.5 Å². The molecule has 0 heterocycles. The number of nitrogens with zero attached hydrogens (tertiary/aromatic N) is 1. The Balaban J connectivity index is 2.11. The lowest BCUT2D eigenvalue weighted by atomic mass is 10.1. The number of amides is 1. The summed E-state index contributed by atoms with van der Waals surface area (Å²) in [4.78, 5) is 12.1. The number of benzene rings is 2. The second-order valence-corrected chi connectivity index (χ2v) is 4.83. The molecule has 0 atom stereocenters. The first-order valence-electron chi connectivity index (χ1n) is 7.53. The first-order chi connectivity index (χ1) is 11.2. The maximum absolute atomic E-state index is 12.1. The number of rotatable bonds is 6. The summed E-state index contributed by atoms with van der Waals surface area (Å²) in [7, 11) is 0. The SMILES string of the molecule is CCOc1ccc(C(=O)N/N=C(\CC)c2ccccc2O)cc1. The van der Waals surface area contributed by atoms with Gasteiger partial charge in [-0.2, -0.15) is 5.10 Å². The van der Waals surface area contributed by atoms with Crippen LogP contribution in [-0.2, 0) is 0 Å². The zero-order valence-electron chi connectivity index (χ0n) is 13.2. The third kappa shape index (κ3) is 4.32. The zero-order chi connectivity index (χ0) is 16.7. The van der Waals surface area contributed by atoms with E-state index in [-0.39, 0.29) is 11.7 Å². The molecule has 2 aromatic carbocycles. The van der Waals surface area contributed by atoms with Crippen molar-refractivity contribution in [2.45, 2.75) is 20.3 Å². The lowest BCUT2D eigenvalue weighted by Gasteiger charge is -2.07. The largest absolute Gasteiger partial charge is 0.507 e. The predicted octanol–water partition coefficient (Wildman–Crippen LogP) is 3.34. The molecule has 23 heavy (non-hydrogen) atoms. The predicted molar refractivity (Wildman–Crippen MR) is 90.0 cm³/mol. The van der Waals surface area contributed by atoms with Gasteiger partial charge in [0.15, 0.2) is 0 Å². The number of hydrazone groups is 1. The fourth-order valence-corrected chi connectivity index (χ4v) is 2.10. The molecule has 0 spiro atoms. The standard InChI is InChI=1S/C18H20N2O3/c1-3-16(15-7-5-6-8-17(15)21)19-20-18(22)13-9-11-14(12-10-13)23-4-2/h5-12,21H,3-4H2,1-2H3,(H,20,22)/b19-16+. The molecule has 120 valence electrons. The number of ether oxygens (including phenoxy) is 1. The summed E-state index contributed by atoms with van der Waals surface area (Å²) in [6, 6.07) is 13.8. The molecule has 0 bridgehead atoms. The highest BCUT2D eigenvalue weighted by atomic mass is 16.5. The smallest absolute Gasteiger partial charge is 0.271 e. The summed E-state index contributed by atoms with van der Waals surface area (Å²) in [5.74, 6) is 0.550. The van der Waals surface area contributed by atoms with Crippen LogP contribution in [0.2, 0.25) is 0 Å². The Morgan fingerprint density at radius 1 is 1.13 bits per heavy atom. The van der Waals surface area contributed by atoms with Gasteiger partial charge in [-0.05, 0) is 49.7 Å². The Labute approximate surface area is 135 Å². The highest BCUT2D eigenvalue weighted by molar-refractivity contribution is 6.03. The first-order valence-corrected chi connectivity index (χ1v) is 7.53. The number of phenolic OH excluding ortho intramolecular Hbond substituents is 1. The number of hydrogen-bond acceptors (Lipinski definition) is 4. The van der Waals surface area contributed by atoms with Gasteiger partial charge < -0.3 is 9.84 Å². The molecule has 0 aliphatic heterocycles. The quantitative estimate of drug-likeness (QED) is 0.635. The number of hydrogen-bond donors (Lipinski definition) is 2. The summed E-state index contributed by atoms with van der Waals surface area (Å²) in [6.45, 7) is 4.39. The molecule has 0 aliphatic carbocycles. The number of aromatic hydroxyl groups is 1. The van der Waals surface area contributed by atoms with E-state index in [9.17, 15) is 9.90 Å². The maximum Gasteiger partial charge on any atom is 0.271 e. The number of carbonyl (C=O) groups is 1. The van der Waals surface area contributed by atoms with E-state index in [2.05, 4.69) is 10.5 Å². The van der Waals surface area contributed by atoms with Crippen LogP contribution in [0.1, 0.15) is 36.2 Å². The molecule has 0 aliphatic rings. The van der Waals surface area contributed by atoms with Gasteiger partial charge in [0.05, 0.1) is 12.3 Å². The average Bonchev–Trinajstić information content (AvgIpc) is 2.57. The molecular formula is C18H20N2O3. The molecule has 2 aromatic rings. The van der Waals surface area contributed by atoms with Crippen molar-refractivity contribution in [1.29, 1.82) is 0 Å². The Hall–Kier alpha value is -2.82. The van der Waals surface area contributed by atoms with Crippen molar-refractivity contribution in [2.75, 3.05) is 6.61 Å². The second-order valence-electron chi connectivity index (χ2n) is 4.83. The summed E-state index contributed by atoms with van der Waals surface area (Å²) in [6.07, 6.45) is 0.584. The molecule has 5 heteroatoms. The molecular weight excluding hydrogens is 292 g/mol. The van der Waals surface area contributed by atoms with Crippen LogP contribution in [0.5, 0.6) is 11.5 Å². The van der Waals surface area contributed by atoms with Gasteiger partial charge >= 0.3 is 0 Å². The van der Waals surface area contributed by atoms with Crippen LogP contribution in [0.15, 0.2) is 53.6 Å². The Morgan fingerprint density at radius 2 is 1.83 bits per heavy atom. The topological polar surface area (TPSA) is 70.9 Å². The van der Waals surface area contributed by atoms with Gasteiger partial charge in [-0.1, -0.05) is 19.1 Å². The number of nitrogens with one attached hydrogen (secondary N) is 1.